The topological polar surface area (TPSA) is 84.9 Å². The maximum absolute atomic E-state index is 10.9. The van der Waals surface area contributed by atoms with E-state index in [0.29, 0.717) is 12.5 Å². The normalized spacial score (nSPS) is 14.7. The van der Waals surface area contributed by atoms with Gasteiger partial charge in [0.2, 0.25) is 6.79 Å². The van der Waals surface area contributed by atoms with Crippen LogP contribution in [0, 0.1) is 5.92 Å². The van der Waals surface area contributed by atoms with Crippen molar-refractivity contribution in [2.75, 3.05) is 20.0 Å². The zero-order valence-electron chi connectivity index (χ0n) is 9.23. The van der Waals surface area contributed by atoms with Crippen LogP contribution < -0.4 is 5.32 Å². The number of rotatable bonds is 6. The fourth-order valence-electron chi connectivity index (χ4n) is 0.692. The van der Waals surface area contributed by atoms with E-state index in [1.54, 1.807) is 0 Å². The monoisotopic (exact) mass is 239 g/mol. The molecule has 0 aliphatic heterocycles. The van der Waals surface area contributed by atoms with Crippen molar-refractivity contribution >= 4 is 13.7 Å². The summed E-state index contributed by atoms with van der Waals surface area (Å²) in [6.45, 7) is 5.09. The number of hydrogen-bond donors (Lipinski definition) is 2. The summed E-state index contributed by atoms with van der Waals surface area (Å²) in [6.07, 6.45) is 0.200. The summed E-state index contributed by atoms with van der Waals surface area (Å²) in [5.41, 5.74) is 0. The Morgan fingerprint density at radius 2 is 2.13 bits per heavy atom. The molecule has 0 aromatic carbocycles. The molecule has 0 aromatic rings. The highest BCUT2D eigenvalue weighted by Crippen LogP contribution is 2.35. The molecule has 0 aromatic heterocycles. The summed E-state index contributed by atoms with van der Waals surface area (Å²) in [5.74, 6) is 0.495. The van der Waals surface area contributed by atoms with Crippen LogP contribution >= 0.6 is 7.60 Å². The smallest absolute Gasteiger partial charge is 0.409 e. The van der Waals surface area contributed by atoms with Crippen LogP contribution in [0.4, 0.5) is 4.79 Å². The molecule has 0 radical (unpaired) electrons. The first-order chi connectivity index (χ1) is 6.81. The van der Waals surface area contributed by atoms with E-state index in [9.17, 15) is 9.36 Å². The molecular weight excluding hydrogens is 221 g/mol. The van der Waals surface area contributed by atoms with Gasteiger partial charge in [0.05, 0.1) is 0 Å². The predicted molar refractivity (Wildman–Crippen MR) is 55.6 cm³/mol. The van der Waals surface area contributed by atoms with Crippen LogP contribution in [0.5, 0.6) is 0 Å². The maximum Gasteiger partial charge on any atom is 0.409 e. The van der Waals surface area contributed by atoms with Gasteiger partial charge in [0.1, 0.15) is 0 Å². The summed E-state index contributed by atoms with van der Waals surface area (Å²) in [4.78, 5) is 19.6. The van der Waals surface area contributed by atoms with Gasteiger partial charge in [-0.3, -0.25) is 9.09 Å². The third kappa shape index (κ3) is 11.3. The highest BCUT2D eigenvalue weighted by atomic mass is 31.2. The SMILES string of the molecule is CC(C)CCNC(=O)OCOP(C)(=O)O. The molecule has 0 bridgehead atoms. The summed E-state index contributed by atoms with van der Waals surface area (Å²) in [7, 11) is -3.57. The lowest BCUT2D eigenvalue weighted by molar-refractivity contribution is 0.0538. The van der Waals surface area contributed by atoms with Crippen LogP contribution in [-0.4, -0.2) is 31.0 Å². The molecule has 90 valence electrons. The molecule has 0 heterocycles. The Hall–Kier alpha value is -0.580. The van der Waals surface area contributed by atoms with Crippen molar-refractivity contribution in [3.8, 4) is 0 Å². The van der Waals surface area contributed by atoms with Crippen LogP contribution in [0.1, 0.15) is 20.3 Å². The van der Waals surface area contributed by atoms with Gasteiger partial charge in [-0.1, -0.05) is 13.8 Å². The highest BCUT2D eigenvalue weighted by Gasteiger charge is 2.11. The molecule has 2 N–H and O–H groups in total. The first kappa shape index (κ1) is 14.4. The van der Waals surface area contributed by atoms with Gasteiger partial charge in [-0.25, -0.2) is 4.79 Å². The molecular formula is C8H18NO5P. The lowest BCUT2D eigenvalue weighted by atomic mass is 10.1. The number of ether oxygens (including phenoxy) is 1. The average Bonchev–Trinajstić information content (AvgIpc) is 2.00. The van der Waals surface area contributed by atoms with E-state index in [0.717, 1.165) is 13.1 Å². The van der Waals surface area contributed by atoms with Crippen LogP contribution in [0.3, 0.4) is 0 Å². The van der Waals surface area contributed by atoms with E-state index in [1.165, 1.54) is 0 Å². The molecule has 6 nitrogen and oxygen atoms in total. The van der Waals surface area contributed by atoms with Gasteiger partial charge < -0.3 is 14.9 Å². The fraction of sp³-hybridized carbons (Fsp3) is 0.875. The second-order valence-electron chi connectivity index (χ2n) is 3.59. The van der Waals surface area contributed by atoms with Crippen molar-refractivity contribution in [1.29, 1.82) is 0 Å². The Kier molecular flexibility index (Phi) is 6.56. The zero-order valence-corrected chi connectivity index (χ0v) is 10.1. The number of alkyl carbamates (subject to hydrolysis) is 1. The fourth-order valence-corrected chi connectivity index (χ4v) is 0.940. The van der Waals surface area contributed by atoms with Crippen molar-refractivity contribution in [3.05, 3.63) is 0 Å². The van der Waals surface area contributed by atoms with E-state index in [-0.39, 0.29) is 0 Å². The van der Waals surface area contributed by atoms with Crippen LogP contribution in [0.15, 0.2) is 0 Å². The van der Waals surface area contributed by atoms with E-state index in [4.69, 9.17) is 4.89 Å². The molecule has 15 heavy (non-hydrogen) atoms. The van der Waals surface area contributed by atoms with Crippen molar-refractivity contribution in [2.24, 2.45) is 5.92 Å². The highest BCUT2D eigenvalue weighted by molar-refractivity contribution is 7.51. The first-order valence-corrected chi connectivity index (χ1v) is 6.69. The summed E-state index contributed by atoms with van der Waals surface area (Å²) in [6, 6.07) is 0. The Labute approximate surface area is 89.5 Å². The third-order valence-corrected chi connectivity index (χ3v) is 2.06. The minimum absolute atomic E-state index is 0.495. The number of hydrogen-bond acceptors (Lipinski definition) is 4. The van der Waals surface area contributed by atoms with E-state index in [2.05, 4.69) is 14.6 Å². The summed E-state index contributed by atoms with van der Waals surface area (Å²) < 4.78 is 19.5. The number of amides is 1. The molecule has 0 spiro atoms. The summed E-state index contributed by atoms with van der Waals surface area (Å²) in [5, 5.41) is 2.49. The first-order valence-electron chi connectivity index (χ1n) is 4.66. The molecule has 0 rings (SSSR count). The van der Waals surface area contributed by atoms with Crippen LogP contribution in [0.2, 0.25) is 0 Å². The van der Waals surface area contributed by atoms with Gasteiger partial charge in [-0.2, -0.15) is 0 Å². The Morgan fingerprint density at radius 3 is 2.60 bits per heavy atom. The molecule has 1 atom stereocenters. The summed E-state index contributed by atoms with van der Waals surface area (Å²) >= 11 is 0. The molecule has 1 amide bonds. The lowest BCUT2D eigenvalue weighted by Crippen LogP contribution is -2.26. The second kappa shape index (κ2) is 6.82. The molecule has 0 fully saturated rings. The standard InChI is InChI=1S/C8H18NO5P/c1-7(2)4-5-9-8(10)13-6-14-15(3,11)12/h7H,4-6H2,1-3H3,(H,9,10)(H,11,12). The minimum Gasteiger partial charge on any atom is -0.422 e. The minimum atomic E-state index is -3.57. The molecule has 0 saturated carbocycles. The quantitative estimate of drug-likeness (QED) is 0.542. The van der Waals surface area contributed by atoms with E-state index < -0.39 is 20.5 Å². The van der Waals surface area contributed by atoms with Crippen molar-refractivity contribution < 1.29 is 23.5 Å². The van der Waals surface area contributed by atoms with Gasteiger partial charge in [0.15, 0.2) is 0 Å². The van der Waals surface area contributed by atoms with Gasteiger partial charge >= 0.3 is 13.7 Å². The second-order valence-corrected chi connectivity index (χ2v) is 5.46. The largest absolute Gasteiger partial charge is 0.422 e. The van der Waals surface area contributed by atoms with Gasteiger partial charge in [0, 0.05) is 13.2 Å². The molecule has 1 unspecified atom stereocenters. The molecule has 0 aliphatic rings. The molecule has 7 heteroatoms. The third-order valence-electron chi connectivity index (χ3n) is 1.47. The number of nitrogens with one attached hydrogen (secondary N) is 1. The Balaban J connectivity index is 3.46. The maximum atomic E-state index is 10.9. The Bertz CT molecular complexity index is 237. The van der Waals surface area contributed by atoms with Crippen LogP contribution in [-0.2, 0) is 13.8 Å². The number of carbonyl (C=O) groups excluding carboxylic acids is 1. The predicted octanol–water partition coefficient (Wildman–Crippen LogP) is 1.55. The Morgan fingerprint density at radius 1 is 1.53 bits per heavy atom. The van der Waals surface area contributed by atoms with E-state index in [1.807, 2.05) is 13.8 Å². The molecule has 0 aliphatic carbocycles. The van der Waals surface area contributed by atoms with Crippen molar-refractivity contribution in [2.45, 2.75) is 20.3 Å². The van der Waals surface area contributed by atoms with Gasteiger partial charge in [-0.15, -0.1) is 0 Å². The van der Waals surface area contributed by atoms with Crippen LogP contribution in [0.25, 0.3) is 0 Å². The molecule has 0 saturated heterocycles. The zero-order chi connectivity index (χ0) is 11.9. The van der Waals surface area contributed by atoms with Gasteiger partial charge in [0.25, 0.3) is 0 Å². The van der Waals surface area contributed by atoms with Crippen molar-refractivity contribution in [1.82, 2.24) is 5.32 Å². The average molecular weight is 239 g/mol. The van der Waals surface area contributed by atoms with Gasteiger partial charge in [-0.05, 0) is 12.3 Å². The lowest BCUT2D eigenvalue weighted by Gasteiger charge is -2.09. The van der Waals surface area contributed by atoms with E-state index >= 15 is 0 Å². The number of carbonyl (C=O) groups is 1. The van der Waals surface area contributed by atoms with Crippen molar-refractivity contribution in [3.63, 3.8) is 0 Å².